The number of carbonyl (C=O) groups is 8. The molecule has 6 heterocycles. The molecule has 0 unspecified atom stereocenters. The molecule has 4 amide bonds. The van der Waals surface area contributed by atoms with Gasteiger partial charge in [-0.3, -0.25) is 43.9 Å². The van der Waals surface area contributed by atoms with Gasteiger partial charge in [-0.25, -0.2) is 19.4 Å². The number of rotatable bonds is 15. The molecule has 10 rings (SSSR count). The molecule has 4 aliphatic rings. The Morgan fingerprint density at radius 3 is 1.00 bits per heavy atom. The van der Waals surface area contributed by atoms with Crippen molar-refractivity contribution >= 4 is 82.9 Å². The summed E-state index contributed by atoms with van der Waals surface area (Å²) in [6, 6.07) is 16.0. The molecule has 0 bridgehead atoms. The van der Waals surface area contributed by atoms with Gasteiger partial charge in [0, 0.05) is 144 Å². The fourth-order valence-corrected chi connectivity index (χ4v) is 11.1. The van der Waals surface area contributed by atoms with Gasteiger partial charge in [0.05, 0.1) is 32.0 Å². The molecule has 0 aromatic carbocycles. The molecular formula is C89H138Cl2LiN13O15S. The SMILES string of the molecule is CC(C)(C)c1cc(C(=O)NC2(C(=O)NCc3nccs3)CC2)cc(C(C)(C)C)n1.CC(C)(C)c1cc(C(=O)NC2(C(=O)O)CC2)cc(C(C)(C)C)n1.CC(C)(C)c1cc(C(=O)O)cc(C(C)(C)C)n1.CC(C)=C(Cl)N(C)C.COC(=O)C1(N)CC1.COC(=O)C1(NC(=O)c2cc(C(C)(C)C)nc(C(C)(C)C)c2)CC1.Cc1cc(CN)no1.Cl.O.[Li+].[OH-]. The summed E-state index contributed by atoms with van der Waals surface area (Å²) >= 11 is 7.25. The molecule has 13 N–H and O–H groups in total. The van der Waals surface area contributed by atoms with Crippen molar-refractivity contribution in [3.05, 3.63) is 161 Å². The van der Waals surface area contributed by atoms with Crippen LogP contribution < -0.4 is 51.6 Å². The molecule has 4 saturated carbocycles. The number of aliphatic carboxylic acids is 1. The maximum absolute atomic E-state index is 13.1. The van der Waals surface area contributed by atoms with Crippen LogP contribution in [-0.2, 0) is 85.1 Å². The number of allylic oxidation sites excluding steroid dienone is 1. The van der Waals surface area contributed by atoms with E-state index in [1.165, 1.54) is 25.6 Å². The minimum absolute atomic E-state index is 0. The fourth-order valence-electron chi connectivity index (χ4n) is 10.5. The molecular weight excluding hydrogens is 1600 g/mol. The molecule has 4 fully saturated rings. The summed E-state index contributed by atoms with van der Waals surface area (Å²) in [4.78, 5) is 121. The van der Waals surface area contributed by atoms with E-state index in [9.17, 15) is 43.5 Å². The predicted octanol–water partition coefficient (Wildman–Crippen LogP) is 11.8. The number of pyridine rings is 4. The number of thiazole rings is 1. The van der Waals surface area contributed by atoms with Crippen LogP contribution in [0.25, 0.3) is 0 Å². The summed E-state index contributed by atoms with van der Waals surface area (Å²) < 4.78 is 13.9. The summed E-state index contributed by atoms with van der Waals surface area (Å²) in [6.07, 6.45) is 6.76. The molecule has 121 heavy (non-hydrogen) atoms. The Morgan fingerprint density at radius 2 is 0.810 bits per heavy atom. The number of carboxylic acids is 2. The van der Waals surface area contributed by atoms with Crippen LogP contribution in [0.1, 0.15) is 335 Å². The van der Waals surface area contributed by atoms with E-state index < -0.39 is 34.1 Å². The van der Waals surface area contributed by atoms with E-state index in [0.717, 1.165) is 85.6 Å². The van der Waals surface area contributed by atoms with Gasteiger partial charge in [0.25, 0.3) is 17.7 Å². The number of methoxy groups -OCH3 is 2. The number of hydrogen-bond donors (Lipinski definition) is 8. The molecule has 6 aromatic rings. The van der Waals surface area contributed by atoms with Gasteiger partial charge < -0.3 is 72.8 Å². The number of esters is 2. The third kappa shape index (κ3) is 34.4. The molecule has 0 spiro atoms. The van der Waals surface area contributed by atoms with Gasteiger partial charge in [-0.15, -0.1) is 23.7 Å². The smallest absolute Gasteiger partial charge is 0.870 e. The van der Waals surface area contributed by atoms with Gasteiger partial charge in [-0.05, 0) is 126 Å². The Morgan fingerprint density at radius 1 is 0.512 bits per heavy atom. The predicted molar refractivity (Wildman–Crippen MR) is 473 cm³/mol. The van der Waals surface area contributed by atoms with Gasteiger partial charge in [0.15, 0.2) is 0 Å². The van der Waals surface area contributed by atoms with Crippen molar-refractivity contribution in [2.24, 2.45) is 11.5 Å². The average Bonchev–Trinajstić information content (AvgIpc) is 1.54. The normalized spacial score (nSPS) is 14.7. The van der Waals surface area contributed by atoms with E-state index in [-0.39, 0.29) is 121 Å². The zero-order chi connectivity index (χ0) is 89.8. The van der Waals surface area contributed by atoms with Crippen LogP contribution in [0.2, 0.25) is 0 Å². The summed E-state index contributed by atoms with van der Waals surface area (Å²) in [7, 11) is 6.55. The van der Waals surface area contributed by atoms with Gasteiger partial charge in [0.2, 0.25) is 5.91 Å². The fraction of sp³-hybridized carbons (Fsp3) is 0.596. The van der Waals surface area contributed by atoms with Crippen LogP contribution in [0.5, 0.6) is 0 Å². The van der Waals surface area contributed by atoms with Crippen molar-refractivity contribution in [2.45, 2.75) is 317 Å². The summed E-state index contributed by atoms with van der Waals surface area (Å²) in [6.45, 7) is 56.0. The molecule has 32 heteroatoms. The van der Waals surface area contributed by atoms with Crippen molar-refractivity contribution in [2.75, 3.05) is 28.3 Å². The zero-order valence-corrected chi connectivity index (χ0v) is 80.1. The Kier molecular flexibility index (Phi) is 40.9. The van der Waals surface area contributed by atoms with E-state index in [4.69, 9.17) is 52.4 Å². The van der Waals surface area contributed by atoms with Crippen LogP contribution in [0.4, 0.5) is 0 Å². The largest absolute Gasteiger partial charge is 1.00 e. The first kappa shape index (κ1) is 113. The minimum atomic E-state index is -1.08. The van der Waals surface area contributed by atoms with E-state index in [0.29, 0.717) is 73.9 Å². The summed E-state index contributed by atoms with van der Waals surface area (Å²) in [5, 5.41) is 37.0. The maximum Gasteiger partial charge on any atom is 1.00 e. The van der Waals surface area contributed by atoms with Crippen LogP contribution in [-0.4, -0.2) is 154 Å². The van der Waals surface area contributed by atoms with Crippen molar-refractivity contribution in [3.8, 4) is 0 Å². The first-order chi connectivity index (χ1) is 53.2. The standard InChI is InChI=1S/C22H30N4O2S.C19H28N2O3.C18H26N2O3.C14H21NO2.C6H12ClN.C5H8N2O.C5H9NO2.ClH.Li.2H2O/c1-20(2,3)15-11-14(12-16(25-15)21(4,5)6)18(27)26-22(7-8-22)19(28)24-13-17-23-9-10-29-17;1-17(2,3)13-10-12(11-14(20-13)18(4,5)6)15(22)21-19(8-9-19)16(23)24-7;1-16(2,3)12-9-11(10-13(19-12)17(4,5)6)14(21)20-18(7-8-18)15(22)23;1-13(2,3)10-7-9(12(16)17)8-11(15-10)14(4,5)6;1-5(2)6(7)8(3)4;1-4-2-5(3-6)7-8-4;1-8-4(7)5(6)2-3-5;;;;/h9-12H,7-8,13H2,1-6H3,(H,24,28)(H,26,27);10-11H,8-9H2,1-7H3,(H,21,22);9-10H,7-8H2,1-6H3,(H,20,21)(H,22,23);7-8H,1-6H3,(H,16,17);1-4H3;2H,3,6H2,1H3;2-3,6H2,1H3;1H;;2*1H2/q;;;;;;;;+1;;/p-1. The average molecular weight is 1740 g/mol. The number of nitrogens with zero attached hydrogens (tertiary/aromatic N) is 7. The summed E-state index contributed by atoms with van der Waals surface area (Å²) in [5.74, 6) is -2.69. The molecule has 6 aromatic heterocycles. The minimum Gasteiger partial charge on any atom is -0.870 e. The van der Waals surface area contributed by atoms with Gasteiger partial charge in [-0.1, -0.05) is 183 Å². The first-order valence-corrected chi connectivity index (χ1v) is 40.8. The second-order valence-electron chi connectivity index (χ2n) is 39.3. The van der Waals surface area contributed by atoms with Gasteiger partial charge in [-0.2, -0.15) is 0 Å². The second-order valence-corrected chi connectivity index (χ2v) is 40.6. The third-order valence-electron chi connectivity index (χ3n) is 19.2. The quantitative estimate of drug-likeness (QED) is 0.0269. The van der Waals surface area contributed by atoms with Gasteiger partial charge >= 0.3 is 42.7 Å². The Labute approximate surface area is 744 Å². The number of carbonyl (C=O) groups excluding carboxylic acids is 6. The number of halogens is 2. The van der Waals surface area contributed by atoms with Crippen LogP contribution in [0, 0.1) is 6.92 Å². The second kappa shape index (κ2) is 43.9. The van der Waals surface area contributed by atoms with Crippen LogP contribution in [0.15, 0.2) is 81.4 Å². The van der Waals surface area contributed by atoms with Crippen molar-refractivity contribution in [1.29, 1.82) is 0 Å². The molecule has 0 saturated heterocycles. The number of carboxylic acid groups (broad SMARTS) is 2. The molecule has 28 nitrogen and oxygen atoms in total. The Hall–Kier alpha value is -8.24. The van der Waals surface area contributed by atoms with Crippen molar-refractivity contribution in [1.82, 2.24) is 56.2 Å². The molecule has 4 aliphatic carbocycles. The summed E-state index contributed by atoms with van der Waals surface area (Å²) in [5.41, 5.74) is 16.5. The Balaban J connectivity index is 0.00000145. The number of nitrogens with one attached hydrogen (secondary N) is 4. The number of amides is 4. The van der Waals surface area contributed by atoms with E-state index in [1.807, 2.05) is 159 Å². The molecule has 670 valence electrons. The molecule has 0 radical (unpaired) electrons. The Bertz CT molecular complexity index is 4400. The number of aromatic carboxylic acids is 1. The van der Waals surface area contributed by atoms with Crippen molar-refractivity contribution in [3.63, 3.8) is 0 Å². The number of nitrogens with two attached hydrogens (primary N) is 2. The monoisotopic (exact) mass is 1740 g/mol. The third-order valence-corrected chi connectivity index (χ3v) is 20.7. The number of aromatic nitrogens is 6. The number of aryl methyl sites for hydroxylation is 1. The zero-order valence-electron chi connectivity index (χ0n) is 77.7. The van der Waals surface area contributed by atoms with E-state index in [2.05, 4.69) is 124 Å². The number of ether oxygens (including phenoxy) is 2. The van der Waals surface area contributed by atoms with Crippen molar-refractivity contribution < 1.29 is 92.4 Å². The first-order valence-electron chi connectivity index (χ1n) is 39.5. The van der Waals surface area contributed by atoms with E-state index >= 15 is 0 Å². The number of hydrogen-bond acceptors (Lipinski definition) is 22. The van der Waals surface area contributed by atoms with Crippen LogP contribution in [0.3, 0.4) is 0 Å². The topological polar surface area (TPSA) is 451 Å². The van der Waals surface area contributed by atoms with E-state index in [1.54, 1.807) is 30.5 Å². The molecule has 0 atom stereocenters. The van der Waals surface area contributed by atoms with Gasteiger partial charge in [0.1, 0.15) is 38.1 Å². The maximum atomic E-state index is 13.1. The molecule has 0 aliphatic heterocycles. The van der Waals surface area contributed by atoms with Crippen LogP contribution >= 0.6 is 35.3 Å².